The second-order valence-corrected chi connectivity index (χ2v) is 8.32. The summed E-state index contributed by atoms with van der Waals surface area (Å²) < 4.78 is 15.2. The summed E-state index contributed by atoms with van der Waals surface area (Å²) in [5.41, 5.74) is 0.994. The Balaban J connectivity index is 1.68. The van der Waals surface area contributed by atoms with Gasteiger partial charge in [-0.15, -0.1) is 0 Å². The Morgan fingerprint density at radius 1 is 1.33 bits per heavy atom. The Labute approximate surface area is 180 Å². The Kier molecular flexibility index (Phi) is 6.91. The molecule has 1 aromatic carbocycles. The van der Waals surface area contributed by atoms with Gasteiger partial charge in [0, 0.05) is 36.3 Å². The summed E-state index contributed by atoms with van der Waals surface area (Å²) in [6.45, 7) is 8.63. The van der Waals surface area contributed by atoms with Crippen molar-refractivity contribution in [1.29, 1.82) is 0 Å². The fraction of sp³-hybridized carbons (Fsp3) is 0.524. The molecular formula is C21H28N4O4S. The third-order valence-electron chi connectivity index (χ3n) is 5.15. The van der Waals surface area contributed by atoms with Crippen molar-refractivity contribution in [2.75, 3.05) is 25.6 Å². The normalized spacial score (nSPS) is 17.3. The number of carbonyl (C=O) groups is 2. The number of benzene rings is 1. The molecule has 1 aliphatic rings. The van der Waals surface area contributed by atoms with Gasteiger partial charge in [-0.2, -0.15) is 4.37 Å². The van der Waals surface area contributed by atoms with Gasteiger partial charge in [0.15, 0.2) is 11.5 Å². The van der Waals surface area contributed by atoms with E-state index in [2.05, 4.69) is 14.7 Å². The van der Waals surface area contributed by atoms with E-state index >= 15 is 0 Å². The van der Waals surface area contributed by atoms with Gasteiger partial charge in [-0.1, -0.05) is 19.9 Å². The molecule has 1 saturated heterocycles. The fourth-order valence-corrected chi connectivity index (χ4v) is 4.13. The number of nitrogens with one attached hydrogen (secondary N) is 1. The van der Waals surface area contributed by atoms with E-state index in [4.69, 9.17) is 9.47 Å². The maximum Gasteiger partial charge on any atom is 0.248 e. The minimum absolute atomic E-state index is 0.00747. The van der Waals surface area contributed by atoms with Crippen LogP contribution in [0.2, 0.25) is 0 Å². The molecular weight excluding hydrogens is 404 g/mol. The van der Waals surface area contributed by atoms with E-state index in [-0.39, 0.29) is 23.7 Å². The smallest absolute Gasteiger partial charge is 0.248 e. The van der Waals surface area contributed by atoms with Gasteiger partial charge in [0.1, 0.15) is 11.9 Å². The first-order chi connectivity index (χ1) is 14.3. The second kappa shape index (κ2) is 9.42. The molecule has 30 heavy (non-hydrogen) atoms. The van der Waals surface area contributed by atoms with E-state index in [9.17, 15) is 9.59 Å². The zero-order chi connectivity index (χ0) is 21.8. The second-order valence-electron chi connectivity index (χ2n) is 7.57. The molecule has 8 nitrogen and oxygen atoms in total. The quantitative estimate of drug-likeness (QED) is 0.687. The molecule has 0 radical (unpaired) electrons. The number of amides is 2. The van der Waals surface area contributed by atoms with Crippen LogP contribution in [0.15, 0.2) is 18.2 Å². The molecule has 1 aliphatic heterocycles. The summed E-state index contributed by atoms with van der Waals surface area (Å²) in [7, 11) is 1.60. The summed E-state index contributed by atoms with van der Waals surface area (Å²) in [6.07, 6.45) is 0.353. The molecule has 9 heteroatoms. The first-order valence-electron chi connectivity index (χ1n) is 10.1. The molecule has 1 fully saturated rings. The van der Waals surface area contributed by atoms with Crippen molar-refractivity contribution in [3.8, 4) is 11.5 Å². The van der Waals surface area contributed by atoms with Crippen LogP contribution in [0.5, 0.6) is 11.5 Å². The average Bonchev–Trinajstić information content (AvgIpc) is 3.34. The van der Waals surface area contributed by atoms with Gasteiger partial charge in [0.2, 0.25) is 16.9 Å². The number of ether oxygens (including phenoxy) is 2. The molecule has 2 atom stereocenters. The van der Waals surface area contributed by atoms with E-state index < -0.39 is 6.04 Å². The summed E-state index contributed by atoms with van der Waals surface area (Å²) in [6, 6.07) is 5.12. The number of hydrogen-bond acceptors (Lipinski definition) is 7. The number of hydrogen-bond donors (Lipinski definition) is 1. The van der Waals surface area contributed by atoms with Gasteiger partial charge in [-0.25, -0.2) is 4.98 Å². The molecule has 2 aromatic rings. The van der Waals surface area contributed by atoms with Gasteiger partial charge < -0.3 is 14.4 Å². The highest BCUT2D eigenvalue weighted by Crippen LogP contribution is 2.35. The lowest BCUT2D eigenvalue weighted by molar-refractivity contribution is -0.134. The van der Waals surface area contributed by atoms with Gasteiger partial charge in [-0.3, -0.25) is 14.9 Å². The number of rotatable bonds is 8. The van der Waals surface area contributed by atoms with Crippen LogP contribution < -0.4 is 14.8 Å². The largest absolute Gasteiger partial charge is 0.493 e. The van der Waals surface area contributed by atoms with Crippen LogP contribution in [-0.4, -0.2) is 52.4 Å². The van der Waals surface area contributed by atoms with Gasteiger partial charge in [0.25, 0.3) is 0 Å². The molecule has 0 spiro atoms. The van der Waals surface area contributed by atoms with Crippen molar-refractivity contribution in [1.82, 2.24) is 14.3 Å². The molecule has 3 rings (SSSR count). The van der Waals surface area contributed by atoms with Crippen LogP contribution in [0.25, 0.3) is 0 Å². The van der Waals surface area contributed by atoms with Gasteiger partial charge >= 0.3 is 0 Å². The molecule has 2 amide bonds. The molecule has 0 aliphatic carbocycles. The average molecular weight is 433 g/mol. The predicted molar refractivity (Wildman–Crippen MR) is 115 cm³/mol. The van der Waals surface area contributed by atoms with Crippen LogP contribution in [-0.2, 0) is 9.59 Å². The highest BCUT2D eigenvalue weighted by Gasteiger charge is 2.36. The number of likely N-dealkylation sites (tertiary alicyclic amines) is 1. The minimum Gasteiger partial charge on any atom is -0.493 e. The van der Waals surface area contributed by atoms with Crippen LogP contribution in [0.1, 0.15) is 57.3 Å². The Bertz CT molecular complexity index is 914. The monoisotopic (exact) mass is 432 g/mol. The zero-order valence-electron chi connectivity index (χ0n) is 18.0. The lowest BCUT2D eigenvalue weighted by atomic mass is 9.98. The highest BCUT2D eigenvalue weighted by atomic mass is 32.1. The molecule has 0 unspecified atom stereocenters. The van der Waals surface area contributed by atoms with E-state index in [1.165, 1.54) is 0 Å². The number of aromatic nitrogens is 2. The summed E-state index contributed by atoms with van der Waals surface area (Å²) in [5, 5.41) is 3.24. The summed E-state index contributed by atoms with van der Waals surface area (Å²) in [5.74, 6) is 1.89. The maximum atomic E-state index is 12.7. The van der Waals surface area contributed by atoms with Crippen molar-refractivity contribution in [2.24, 2.45) is 0 Å². The first-order valence-corrected chi connectivity index (χ1v) is 10.9. The van der Waals surface area contributed by atoms with Crippen molar-refractivity contribution in [3.63, 3.8) is 0 Å². The topological polar surface area (TPSA) is 93.7 Å². The minimum atomic E-state index is -0.599. The van der Waals surface area contributed by atoms with Crippen molar-refractivity contribution in [2.45, 2.75) is 52.0 Å². The summed E-state index contributed by atoms with van der Waals surface area (Å²) >= 11 is 1.15. The number of carbonyl (C=O) groups excluding carboxylic acids is 2. The molecule has 162 valence electrons. The third-order valence-corrected chi connectivity index (χ3v) is 5.80. The predicted octanol–water partition coefficient (Wildman–Crippen LogP) is 3.41. The van der Waals surface area contributed by atoms with Crippen LogP contribution in [0.3, 0.4) is 0 Å². The number of nitrogens with zero attached hydrogens (tertiary/aromatic N) is 3. The van der Waals surface area contributed by atoms with Crippen LogP contribution >= 0.6 is 11.5 Å². The standard InChI is InChI=1S/C21H28N4O4S/c1-6-29-17-9-14(7-8-16(17)28-5)15-10-18(26)25(11-15)13(4)20(27)23-21-22-19(12(2)3)24-30-21/h7-9,12-13,15H,6,10-11H2,1-5H3,(H,22,23,24,27)/t13-,15+/m1/s1. The molecule has 0 saturated carbocycles. The number of methoxy groups -OCH3 is 1. The third kappa shape index (κ3) is 4.72. The fourth-order valence-electron chi connectivity index (χ4n) is 3.42. The first kappa shape index (κ1) is 22.0. The maximum absolute atomic E-state index is 12.7. The van der Waals surface area contributed by atoms with Gasteiger partial charge in [-0.05, 0) is 31.5 Å². The van der Waals surface area contributed by atoms with E-state index in [0.717, 1.165) is 17.1 Å². The van der Waals surface area contributed by atoms with Crippen molar-refractivity contribution >= 4 is 28.5 Å². The molecule has 1 N–H and O–H groups in total. The lowest BCUT2D eigenvalue weighted by Gasteiger charge is -2.23. The van der Waals surface area contributed by atoms with Gasteiger partial charge in [0.05, 0.1) is 13.7 Å². The summed E-state index contributed by atoms with van der Waals surface area (Å²) in [4.78, 5) is 31.3. The van der Waals surface area contributed by atoms with Crippen molar-refractivity contribution < 1.29 is 19.1 Å². The van der Waals surface area contributed by atoms with E-state index in [1.54, 1.807) is 18.9 Å². The molecule has 2 heterocycles. The van der Waals surface area contributed by atoms with E-state index in [0.29, 0.717) is 42.0 Å². The molecule has 0 bridgehead atoms. The molecule has 1 aromatic heterocycles. The van der Waals surface area contributed by atoms with Crippen molar-refractivity contribution in [3.05, 3.63) is 29.6 Å². The Morgan fingerprint density at radius 3 is 2.73 bits per heavy atom. The highest BCUT2D eigenvalue weighted by molar-refractivity contribution is 7.09. The van der Waals surface area contributed by atoms with Crippen LogP contribution in [0.4, 0.5) is 5.13 Å². The van der Waals surface area contributed by atoms with E-state index in [1.807, 2.05) is 39.0 Å². The van der Waals surface area contributed by atoms with Crippen LogP contribution in [0, 0.1) is 0 Å². The Hall–Kier alpha value is -2.68. The number of anilines is 1. The SMILES string of the molecule is CCOc1cc([C@H]2CC(=O)N([C@H](C)C(=O)Nc3nc(C(C)C)ns3)C2)ccc1OC. The zero-order valence-corrected chi connectivity index (χ0v) is 18.8. The Morgan fingerprint density at radius 2 is 2.10 bits per heavy atom. The lowest BCUT2D eigenvalue weighted by Crippen LogP contribution is -2.42.